The summed E-state index contributed by atoms with van der Waals surface area (Å²) in [7, 11) is 0. The Morgan fingerprint density at radius 2 is 2.00 bits per heavy atom. The number of carbonyl (C=O) groups excluding carboxylic acids is 3. The molecule has 0 aromatic heterocycles. The minimum atomic E-state index is -0.557. The normalized spacial score (nSPS) is 17.5. The predicted molar refractivity (Wildman–Crippen MR) is 97.2 cm³/mol. The zero-order valence-electron chi connectivity index (χ0n) is 14.9. The molecule has 2 N–H and O–H groups in total. The summed E-state index contributed by atoms with van der Waals surface area (Å²) < 4.78 is 4.76. The zero-order chi connectivity index (χ0) is 18.9. The number of nitrogens with zero attached hydrogens (tertiary/aromatic N) is 1. The van der Waals surface area contributed by atoms with Crippen molar-refractivity contribution in [3.05, 3.63) is 48.6 Å². The maximum Gasteiger partial charge on any atom is 0.407 e. The topological polar surface area (TPSA) is 87.7 Å². The number of carbonyl (C=O) groups is 3. The first-order valence-corrected chi connectivity index (χ1v) is 8.66. The van der Waals surface area contributed by atoms with Gasteiger partial charge >= 0.3 is 6.09 Å². The Hall–Kier alpha value is -2.83. The molecule has 0 saturated carbocycles. The Kier molecular flexibility index (Phi) is 7.20. The number of alkyl carbamates (subject to hydrolysis) is 1. The van der Waals surface area contributed by atoms with Gasteiger partial charge in [-0.15, -0.1) is 0 Å². The summed E-state index contributed by atoms with van der Waals surface area (Å²) in [6.45, 7) is 6.48. The molecule has 1 aliphatic heterocycles. The van der Waals surface area contributed by atoms with Crippen molar-refractivity contribution in [1.29, 1.82) is 0 Å². The third kappa shape index (κ3) is 5.34. The van der Waals surface area contributed by atoms with Gasteiger partial charge in [-0.2, -0.15) is 0 Å². The lowest BCUT2D eigenvalue weighted by Crippen LogP contribution is -2.38. The second-order valence-electron chi connectivity index (χ2n) is 6.14. The van der Waals surface area contributed by atoms with Crippen LogP contribution in [0.4, 0.5) is 4.79 Å². The number of rotatable bonds is 8. The molecule has 0 radical (unpaired) electrons. The van der Waals surface area contributed by atoms with E-state index >= 15 is 0 Å². The second kappa shape index (κ2) is 9.60. The van der Waals surface area contributed by atoms with Gasteiger partial charge in [0, 0.05) is 26.1 Å². The molecule has 7 heteroatoms. The van der Waals surface area contributed by atoms with E-state index in [0.29, 0.717) is 6.54 Å². The Morgan fingerprint density at radius 3 is 2.69 bits per heavy atom. The molecule has 1 aliphatic rings. The number of likely N-dealkylation sites (tertiary alicyclic amines) is 1. The lowest BCUT2D eigenvalue weighted by Gasteiger charge is -2.25. The summed E-state index contributed by atoms with van der Waals surface area (Å²) in [6.07, 6.45) is 1.12. The molecule has 2 atom stereocenters. The van der Waals surface area contributed by atoms with E-state index in [2.05, 4.69) is 17.2 Å². The smallest absolute Gasteiger partial charge is 0.407 e. The second-order valence-corrected chi connectivity index (χ2v) is 6.14. The van der Waals surface area contributed by atoms with E-state index in [-0.39, 0.29) is 49.9 Å². The first-order valence-electron chi connectivity index (χ1n) is 8.66. The molecule has 2 unspecified atom stereocenters. The van der Waals surface area contributed by atoms with Crippen LogP contribution in [0.1, 0.15) is 24.9 Å². The number of amides is 3. The number of ether oxygens (including phenoxy) is 1. The van der Waals surface area contributed by atoms with Crippen LogP contribution in [0.2, 0.25) is 0 Å². The number of benzene rings is 1. The standard InChI is InChI=1S/C19H25N3O4/c1-3-11-26-19(25)21-10-9-20-18(24)16-12-17(23)22(13-16)14(2)15-7-5-4-6-8-15/h3-8,14,16H,1,9-13H2,2H3,(H,20,24)(H,21,25). The monoisotopic (exact) mass is 359 g/mol. The Bertz CT molecular complexity index is 647. The number of hydrogen-bond acceptors (Lipinski definition) is 4. The zero-order valence-corrected chi connectivity index (χ0v) is 14.9. The molecule has 1 aromatic carbocycles. The SMILES string of the molecule is C=CCOC(=O)NCCNC(=O)C1CC(=O)N(C(C)c2ccccc2)C1. The number of nitrogens with one attached hydrogen (secondary N) is 2. The molecule has 0 bridgehead atoms. The molecule has 1 heterocycles. The van der Waals surface area contributed by atoms with Crippen molar-refractivity contribution < 1.29 is 19.1 Å². The van der Waals surface area contributed by atoms with Gasteiger partial charge in [0.1, 0.15) is 6.61 Å². The highest BCUT2D eigenvalue weighted by Gasteiger charge is 2.36. The molecule has 1 fully saturated rings. The Morgan fingerprint density at radius 1 is 1.31 bits per heavy atom. The maximum absolute atomic E-state index is 12.3. The third-order valence-electron chi connectivity index (χ3n) is 4.30. The first-order chi connectivity index (χ1) is 12.5. The fourth-order valence-electron chi connectivity index (χ4n) is 2.87. The highest BCUT2D eigenvalue weighted by atomic mass is 16.5. The summed E-state index contributed by atoms with van der Waals surface area (Å²) in [5, 5.41) is 5.27. The van der Waals surface area contributed by atoms with E-state index in [0.717, 1.165) is 5.56 Å². The minimum Gasteiger partial charge on any atom is -0.445 e. The fourth-order valence-corrected chi connectivity index (χ4v) is 2.87. The van der Waals surface area contributed by atoms with E-state index in [9.17, 15) is 14.4 Å². The summed E-state index contributed by atoms with van der Waals surface area (Å²) in [5.41, 5.74) is 1.05. The fraction of sp³-hybridized carbons (Fsp3) is 0.421. The van der Waals surface area contributed by atoms with Crippen molar-refractivity contribution in [3.8, 4) is 0 Å². The van der Waals surface area contributed by atoms with Gasteiger partial charge in [-0.3, -0.25) is 9.59 Å². The molecule has 1 aromatic rings. The van der Waals surface area contributed by atoms with Gasteiger partial charge in [0.15, 0.2) is 0 Å². The van der Waals surface area contributed by atoms with Crippen molar-refractivity contribution in [3.63, 3.8) is 0 Å². The number of hydrogen-bond donors (Lipinski definition) is 2. The molecule has 140 valence electrons. The highest BCUT2D eigenvalue weighted by molar-refractivity contribution is 5.89. The minimum absolute atomic E-state index is 0.0207. The highest BCUT2D eigenvalue weighted by Crippen LogP contribution is 2.28. The molecular formula is C19H25N3O4. The van der Waals surface area contributed by atoms with Crippen molar-refractivity contribution in [2.45, 2.75) is 19.4 Å². The molecule has 7 nitrogen and oxygen atoms in total. The predicted octanol–water partition coefficient (Wildman–Crippen LogP) is 1.62. The van der Waals surface area contributed by atoms with Crippen LogP contribution in [-0.2, 0) is 14.3 Å². The van der Waals surface area contributed by atoms with Crippen molar-refractivity contribution in [2.24, 2.45) is 5.92 Å². The van der Waals surface area contributed by atoms with E-state index < -0.39 is 6.09 Å². The Labute approximate surface area is 153 Å². The molecule has 0 aliphatic carbocycles. The molecule has 3 amide bonds. The van der Waals surface area contributed by atoms with Gasteiger partial charge in [-0.05, 0) is 12.5 Å². The van der Waals surface area contributed by atoms with Gasteiger partial charge in [-0.1, -0.05) is 43.0 Å². The van der Waals surface area contributed by atoms with E-state index in [1.165, 1.54) is 6.08 Å². The van der Waals surface area contributed by atoms with Gasteiger partial charge in [-0.25, -0.2) is 4.79 Å². The third-order valence-corrected chi connectivity index (χ3v) is 4.30. The van der Waals surface area contributed by atoms with E-state index in [1.54, 1.807) is 4.90 Å². The largest absolute Gasteiger partial charge is 0.445 e. The van der Waals surface area contributed by atoms with E-state index in [4.69, 9.17) is 4.74 Å². The lowest BCUT2D eigenvalue weighted by molar-refractivity contribution is -0.130. The summed E-state index contributed by atoms with van der Waals surface area (Å²) in [5.74, 6) is -0.573. The molecule has 26 heavy (non-hydrogen) atoms. The van der Waals surface area contributed by atoms with Crippen LogP contribution in [0, 0.1) is 5.92 Å². The van der Waals surface area contributed by atoms with E-state index in [1.807, 2.05) is 37.3 Å². The average molecular weight is 359 g/mol. The Balaban J connectivity index is 1.76. The van der Waals surface area contributed by atoms with Gasteiger partial charge in [0.25, 0.3) is 0 Å². The first kappa shape index (κ1) is 19.5. The maximum atomic E-state index is 12.3. The van der Waals surface area contributed by atoms with Crippen LogP contribution in [-0.4, -0.2) is 49.0 Å². The van der Waals surface area contributed by atoms with Crippen molar-refractivity contribution >= 4 is 17.9 Å². The van der Waals surface area contributed by atoms with Crippen LogP contribution >= 0.6 is 0 Å². The molecular weight excluding hydrogens is 334 g/mol. The van der Waals surface area contributed by atoms with Crippen LogP contribution in [0.15, 0.2) is 43.0 Å². The van der Waals surface area contributed by atoms with Gasteiger partial charge in [0.05, 0.1) is 12.0 Å². The molecule has 2 rings (SSSR count). The quantitative estimate of drug-likeness (QED) is 0.545. The molecule has 1 saturated heterocycles. The van der Waals surface area contributed by atoms with Crippen LogP contribution in [0.25, 0.3) is 0 Å². The van der Waals surface area contributed by atoms with Crippen LogP contribution < -0.4 is 10.6 Å². The van der Waals surface area contributed by atoms with Crippen LogP contribution in [0.3, 0.4) is 0 Å². The summed E-state index contributed by atoms with van der Waals surface area (Å²) in [6, 6.07) is 9.68. The van der Waals surface area contributed by atoms with Gasteiger partial charge < -0.3 is 20.3 Å². The molecule has 0 spiro atoms. The summed E-state index contributed by atoms with van der Waals surface area (Å²) in [4.78, 5) is 37.5. The summed E-state index contributed by atoms with van der Waals surface area (Å²) >= 11 is 0. The average Bonchev–Trinajstić information content (AvgIpc) is 3.05. The van der Waals surface area contributed by atoms with Gasteiger partial charge in [0.2, 0.25) is 11.8 Å². The van der Waals surface area contributed by atoms with Crippen molar-refractivity contribution in [2.75, 3.05) is 26.2 Å². The van der Waals surface area contributed by atoms with Crippen molar-refractivity contribution in [1.82, 2.24) is 15.5 Å². The lowest BCUT2D eigenvalue weighted by atomic mass is 10.1. The van der Waals surface area contributed by atoms with Crippen LogP contribution in [0.5, 0.6) is 0 Å².